The van der Waals surface area contributed by atoms with Crippen molar-refractivity contribution in [2.24, 2.45) is 0 Å². The number of rotatable bonds is 45. The number of hydrogen-bond acceptors (Lipinski definition) is 13. The molecule has 75 heavy (non-hydrogen) atoms. The number of ketones is 2. The molecule has 420 valence electrons. The van der Waals surface area contributed by atoms with Gasteiger partial charge in [0.15, 0.2) is 6.29 Å². The number of nitrogens with zero attached hydrogens (tertiary/aromatic N) is 1. The molecule has 13 nitrogen and oxygen atoms in total. The fraction of sp³-hybridized carbons (Fsp3) is 0.661. The first-order valence-electron chi connectivity index (χ1n) is 28.9. The van der Waals surface area contributed by atoms with E-state index in [1.54, 1.807) is 4.90 Å². The Labute approximate surface area is 450 Å². The minimum Gasteiger partial charge on any atom is -0.460 e. The molecule has 0 amide bonds. The van der Waals surface area contributed by atoms with E-state index in [9.17, 15) is 29.7 Å². The summed E-state index contributed by atoms with van der Waals surface area (Å²) >= 11 is 0. The largest absolute Gasteiger partial charge is 0.460 e. The SMILES string of the molecule is CCCCCCCCCCC[C@H](CC(=O)CN[C@H]1[C@H](OCCCN(CC(=O)C[C@@H](CCCCCCCCCCC)OCc2ccccc2)CC(=O)OCc2ccccc2)O[C@H](CO)[C@@H](O)[C@@H]1O)OCc1ccccc1. The van der Waals surface area contributed by atoms with E-state index in [1.165, 1.54) is 83.5 Å². The van der Waals surface area contributed by atoms with Crippen LogP contribution in [0.3, 0.4) is 0 Å². The lowest BCUT2D eigenvalue weighted by atomic mass is 9.96. The van der Waals surface area contributed by atoms with Crippen molar-refractivity contribution < 1.29 is 53.4 Å². The van der Waals surface area contributed by atoms with Crippen LogP contribution in [0, 0.1) is 0 Å². The second-order valence-electron chi connectivity index (χ2n) is 20.8. The molecule has 1 fully saturated rings. The number of ether oxygens (including phenoxy) is 5. The Kier molecular flexibility index (Phi) is 34.2. The summed E-state index contributed by atoms with van der Waals surface area (Å²) in [6.07, 6.45) is 18.2. The lowest BCUT2D eigenvalue weighted by Crippen LogP contribution is -2.64. The first-order chi connectivity index (χ1) is 36.7. The minimum atomic E-state index is -1.43. The van der Waals surface area contributed by atoms with Crippen LogP contribution in [-0.2, 0) is 57.9 Å². The molecule has 13 heteroatoms. The molecule has 0 bridgehead atoms. The number of nitrogens with one attached hydrogen (secondary N) is 1. The molecular weight excluding hydrogens is 949 g/mol. The Morgan fingerprint density at radius 1 is 0.573 bits per heavy atom. The second kappa shape index (κ2) is 40.3. The normalized spacial score (nSPS) is 18.5. The van der Waals surface area contributed by atoms with Gasteiger partial charge in [0, 0.05) is 19.4 Å². The van der Waals surface area contributed by atoms with Crippen LogP contribution in [0.2, 0.25) is 0 Å². The summed E-state index contributed by atoms with van der Waals surface area (Å²) in [6.45, 7) is 4.95. The average molecular weight is 1050 g/mol. The molecular formula is C62H96N2O11. The molecule has 0 aromatic heterocycles. The summed E-state index contributed by atoms with van der Waals surface area (Å²) in [6, 6.07) is 28.3. The van der Waals surface area contributed by atoms with Crippen molar-refractivity contribution in [2.75, 3.05) is 39.4 Å². The number of unbranched alkanes of at least 4 members (excludes halogenated alkanes) is 16. The highest BCUT2D eigenvalue weighted by Crippen LogP contribution is 2.24. The quantitative estimate of drug-likeness (QED) is 0.0311. The zero-order valence-corrected chi connectivity index (χ0v) is 45.9. The fourth-order valence-electron chi connectivity index (χ4n) is 9.67. The van der Waals surface area contributed by atoms with Crippen molar-refractivity contribution in [3.8, 4) is 0 Å². The summed E-state index contributed by atoms with van der Waals surface area (Å²) < 4.78 is 30.6. The number of hydrogen-bond donors (Lipinski definition) is 4. The van der Waals surface area contributed by atoms with Crippen LogP contribution in [0.25, 0.3) is 0 Å². The molecule has 1 saturated heterocycles. The third-order valence-electron chi connectivity index (χ3n) is 14.1. The summed E-state index contributed by atoms with van der Waals surface area (Å²) in [5.41, 5.74) is 2.93. The van der Waals surface area contributed by atoms with Gasteiger partial charge < -0.3 is 44.3 Å². The first-order valence-corrected chi connectivity index (χ1v) is 28.9. The van der Waals surface area contributed by atoms with Crippen molar-refractivity contribution in [1.82, 2.24) is 10.2 Å². The maximum absolute atomic E-state index is 13.9. The third kappa shape index (κ3) is 28.3. The number of carbonyl (C=O) groups is 3. The van der Waals surface area contributed by atoms with Gasteiger partial charge in [-0.3, -0.25) is 19.3 Å². The van der Waals surface area contributed by atoms with E-state index in [1.807, 2.05) is 91.0 Å². The van der Waals surface area contributed by atoms with Gasteiger partial charge in [0.05, 0.1) is 64.3 Å². The smallest absolute Gasteiger partial charge is 0.320 e. The molecule has 4 N–H and O–H groups in total. The first kappa shape index (κ1) is 63.6. The molecule has 0 saturated carbocycles. The second-order valence-corrected chi connectivity index (χ2v) is 20.8. The van der Waals surface area contributed by atoms with E-state index < -0.39 is 43.2 Å². The van der Waals surface area contributed by atoms with Crippen LogP contribution in [0.4, 0.5) is 0 Å². The number of aliphatic hydroxyl groups is 3. The highest BCUT2D eigenvalue weighted by Gasteiger charge is 2.45. The Bertz CT molecular complexity index is 1890. The van der Waals surface area contributed by atoms with Crippen LogP contribution in [0.5, 0.6) is 0 Å². The lowest BCUT2D eigenvalue weighted by Gasteiger charge is -2.42. The van der Waals surface area contributed by atoms with Gasteiger partial charge in [0.1, 0.15) is 36.5 Å². The highest BCUT2D eigenvalue weighted by atomic mass is 16.7. The van der Waals surface area contributed by atoms with Crippen molar-refractivity contribution in [1.29, 1.82) is 0 Å². The van der Waals surface area contributed by atoms with Crippen LogP contribution in [-0.4, -0.2) is 120 Å². The minimum absolute atomic E-state index is 0.00227. The van der Waals surface area contributed by atoms with Gasteiger partial charge in [0.2, 0.25) is 0 Å². The van der Waals surface area contributed by atoms with Gasteiger partial charge >= 0.3 is 5.97 Å². The van der Waals surface area contributed by atoms with E-state index in [2.05, 4.69) is 19.2 Å². The lowest BCUT2D eigenvalue weighted by molar-refractivity contribution is -0.270. The maximum atomic E-state index is 13.9. The Morgan fingerprint density at radius 2 is 1.03 bits per heavy atom. The zero-order valence-electron chi connectivity index (χ0n) is 45.9. The topological polar surface area (TPSA) is 173 Å². The van der Waals surface area contributed by atoms with Gasteiger partial charge in [-0.05, 0) is 36.0 Å². The number of aliphatic hydroxyl groups excluding tert-OH is 3. The van der Waals surface area contributed by atoms with Crippen molar-refractivity contribution in [3.05, 3.63) is 108 Å². The molecule has 0 unspecified atom stereocenters. The van der Waals surface area contributed by atoms with Gasteiger partial charge in [0.25, 0.3) is 0 Å². The van der Waals surface area contributed by atoms with E-state index in [0.29, 0.717) is 26.2 Å². The summed E-state index contributed by atoms with van der Waals surface area (Å²) in [5.74, 6) is -0.629. The number of Topliss-reactive ketones (excluding diaryl/α,β-unsaturated/α-hetero) is 2. The number of benzene rings is 3. The van der Waals surface area contributed by atoms with Crippen LogP contribution < -0.4 is 5.32 Å². The molecule has 4 rings (SSSR count). The van der Waals surface area contributed by atoms with Crippen molar-refractivity contribution >= 4 is 17.5 Å². The fourth-order valence-corrected chi connectivity index (χ4v) is 9.67. The van der Waals surface area contributed by atoms with Gasteiger partial charge in [-0.2, -0.15) is 0 Å². The highest BCUT2D eigenvalue weighted by molar-refractivity contribution is 5.82. The van der Waals surface area contributed by atoms with E-state index in [-0.39, 0.29) is 69.5 Å². The van der Waals surface area contributed by atoms with Crippen LogP contribution in [0.15, 0.2) is 91.0 Å². The molecule has 0 radical (unpaired) electrons. The molecule has 0 aliphatic carbocycles. The number of carbonyl (C=O) groups excluding carboxylic acids is 3. The van der Waals surface area contributed by atoms with E-state index in [0.717, 1.165) is 61.6 Å². The molecule has 7 atom stereocenters. The molecule has 1 heterocycles. The monoisotopic (exact) mass is 1040 g/mol. The zero-order chi connectivity index (χ0) is 53.6. The summed E-state index contributed by atoms with van der Waals surface area (Å²) in [5, 5.41) is 35.4. The van der Waals surface area contributed by atoms with Gasteiger partial charge in [-0.25, -0.2) is 0 Å². The summed E-state index contributed by atoms with van der Waals surface area (Å²) in [7, 11) is 0. The average Bonchev–Trinajstić information content (AvgIpc) is 3.42. The molecule has 0 spiro atoms. The molecule has 1 aliphatic heterocycles. The molecule has 3 aromatic rings. The number of esters is 1. The van der Waals surface area contributed by atoms with Crippen molar-refractivity contribution in [2.45, 2.75) is 224 Å². The van der Waals surface area contributed by atoms with E-state index in [4.69, 9.17) is 23.7 Å². The Hall–Kier alpha value is -3.89. The predicted octanol–water partition coefficient (Wildman–Crippen LogP) is 10.8. The van der Waals surface area contributed by atoms with E-state index >= 15 is 0 Å². The predicted molar refractivity (Wildman–Crippen MR) is 296 cm³/mol. The Balaban J connectivity index is 1.34. The van der Waals surface area contributed by atoms with Gasteiger partial charge in [-0.15, -0.1) is 0 Å². The van der Waals surface area contributed by atoms with Gasteiger partial charge in [-0.1, -0.05) is 220 Å². The summed E-state index contributed by atoms with van der Waals surface area (Å²) in [4.78, 5) is 42.6. The maximum Gasteiger partial charge on any atom is 0.320 e. The molecule has 3 aromatic carbocycles. The van der Waals surface area contributed by atoms with Crippen LogP contribution in [0.1, 0.15) is 178 Å². The standard InChI is InChI=1S/C62H96N2O11/c1-3-5-7-9-11-13-15-17-28-37-55(72-47-50-31-22-19-23-32-50)41-53(66)43-63-59-61(70)60(69)57(46-65)75-62(59)71-40-30-39-64(45-58(68)74-49-52-35-26-21-27-36-52)44-54(67)42-56(73-48-51-33-24-20-25-34-51)38-29-18-16-14-12-10-8-6-4-2/h19-27,31-36,55-57,59-63,65,69-70H,3-18,28-30,37-49H2,1-2H3/t55-,56-,57-,59-,60-,61-,62-/m1/s1. The molecule has 1 aliphatic rings. The Morgan fingerprint density at radius 3 is 1.51 bits per heavy atom. The van der Waals surface area contributed by atoms with Crippen molar-refractivity contribution in [3.63, 3.8) is 0 Å². The van der Waals surface area contributed by atoms with Crippen LogP contribution >= 0.6 is 0 Å². The third-order valence-corrected chi connectivity index (χ3v) is 14.1.